The molecular weight excluding hydrogens is 312 g/mol. The molecular formula is C21H28N2O2. The lowest BCUT2D eigenvalue weighted by molar-refractivity contribution is -0.133. The molecule has 0 aliphatic heterocycles. The van der Waals surface area contributed by atoms with Crippen molar-refractivity contribution in [2.24, 2.45) is 34.0 Å². The quantitative estimate of drug-likeness (QED) is 0.380. The summed E-state index contributed by atoms with van der Waals surface area (Å²) in [4.78, 5) is 28.6. The van der Waals surface area contributed by atoms with Crippen LogP contribution in [0.2, 0.25) is 0 Å². The largest absolute Gasteiger partial charge is 0.361 e. The number of ketones is 2. The van der Waals surface area contributed by atoms with Crippen LogP contribution in [0.4, 0.5) is 0 Å². The van der Waals surface area contributed by atoms with E-state index in [9.17, 15) is 15.1 Å². The highest BCUT2D eigenvalue weighted by Gasteiger charge is 2.63. The summed E-state index contributed by atoms with van der Waals surface area (Å²) < 4.78 is 0. The van der Waals surface area contributed by atoms with Crippen LogP contribution in [0, 0.1) is 34.0 Å². The average molecular weight is 340 g/mol. The molecule has 0 spiro atoms. The Morgan fingerprint density at radius 3 is 2.44 bits per heavy atom. The molecule has 4 aliphatic carbocycles. The number of nitrogens with zero attached hydrogens (tertiary/aromatic N) is 2. The Kier molecular flexibility index (Phi) is 3.38. The first-order chi connectivity index (χ1) is 11.7. The number of rotatable bonds is 0. The van der Waals surface area contributed by atoms with E-state index >= 15 is 0 Å². The van der Waals surface area contributed by atoms with Crippen LogP contribution in [0.3, 0.4) is 0 Å². The van der Waals surface area contributed by atoms with Crippen LogP contribution in [-0.2, 0) is 9.59 Å². The zero-order chi connectivity index (χ0) is 18.2. The van der Waals surface area contributed by atoms with E-state index < -0.39 is 5.41 Å². The summed E-state index contributed by atoms with van der Waals surface area (Å²) in [5, 5.41) is 0. The van der Waals surface area contributed by atoms with Crippen molar-refractivity contribution in [1.29, 1.82) is 0 Å². The Morgan fingerprint density at radius 1 is 1.08 bits per heavy atom. The Bertz CT molecular complexity index is 758. The molecule has 3 saturated carbocycles. The molecule has 4 aliphatic rings. The summed E-state index contributed by atoms with van der Waals surface area (Å²) in [6, 6.07) is 0. The normalized spacial score (nSPS) is 45.2. The van der Waals surface area contributed by atoms with Gasteiger partial charge in [-0.15, -0.1) is 0 Å². The minimum atomic E-state index is -0.605. The third kappa shape index (κ3) is 1.95. The molecule has 0 radical (unpaired) electrons. The topological polar surface area (TPSA) is 70.5 Å². The summed E-state index contributed by atoms with van der Waals surface area (Å²) >= 11 is 0. The SMILES string of the molecule is CC1(C)C(=O)C(=[N+]=[N-])CC2(C)C1=CCC1C3CCC(=O)C3(C)CCC12. The fourth-order valence-electron chi connectivity index (χ4n) is 7.05. The number of carbonyl (C=O) groups is 2. The maximum Gasteiger partial charge on any atom is 0.336 e. The second-order valence-electron chi connectivity index (χ2n) is 9.74. The third-order valence-electron chi connectivity index (χ3n) is 8.33. The van der Waals surface area contributed by atoms with Crippen LogP contribution in [0.25, 0.3) is 5.53 Å². The van der Waals surface area contributed by atoms with Crippen molar-refractivity contribution in [3.05, 3.63) is 17.2 Å². The molecule has 0 N–H and O–H groups in total. The number of hydrogen-bond donors (Lipinski definition) is 0. The molecule has 0 aromatic carbocycles. The van der Waals surface area contributed by atoms with Gasteiger partial charge in [0.1, 0.15) is 5.78 Å². The first-order valence-corrected chi connectivity index (χ1v) is 9.66. The van der Waals surface area contributed by atoms with E-state index in [0.29, 0.717) is 35.7 Å². The molecule has 4 heteroatoms. The van der Waals surface area contributed by atoms with E-state index in [1.807, 2.05) is 13.8 Å². The van der Waals surface area contributed by atoms with Gasteiger partial charge in [0, 0.05) is 17.3 Å². The molecule has 0 amide bonds. The molecule has 0 aromatic rings. The number of allylic oxidation sites excluding steroid dienone is 2. The highest BCUT2D eigenvalue weighted by atomic mass is 16.1. The monoisotopic (exact) mass is 340 g/mol. The predicted octanol–water partition coefficient (Wildman–Crippen LogP) is 4.00. The van der Waals surface area contributed by atoms with E-state index in [0.717, 1.165) is 32.1 Å². The molecule has 0 heterocycles. The van der Waals surface area contributed by atoms with E-state index in [1.165, 1.54) is 5.57 Å². The molecule has 134 valence electrons. The summed E-state index contributed by atoms with van der Waals surface area (Å²) in [5.74, 6) is 1.83. The second-order valence-corrected chi connectivity index (χ2v) is 9.74. The Hall–Kier alpha value is -1.54. The molecule has 5 unspecified atom stereocenters. The van der Waals surface area contributed by atoms with Crippen LogP contribution in [-0.4, -0.2) is 22.1 Å². The number of carbonyl (C=O) groups excluding carboxylic acids is 2. The fraction of sp³-hybridized carbons (Fsp3) is 0.762. The first-order valence-electron chi connectivity index (χ1n) is 9.66. The van der Waals surface area contributed by atoms with Gasteiger partial charge in [-0.2, -0.15) is 4.79 Å². The van der Waals surface area contributed by atoms with Crippen molar-refractivity contribution >= 4 is 17.3 Å². The molecule has 5 atom stereocenters. The van der Waals surface area contributed by atoms with Gasteiger partial charge < -0.3 is 5.53 Å². The van der Waals surface area contributed by atoms with Crippen molar-refractivity contribution in [3.63, 3.8) is 0 Å². The molecule has 0 aromatic heterocycles. The Labute approximate surface area is 149 Å². The highest BCUT2D eigenvalue weighted by Crippen LogP contribution is 2.65. The molecule has 0 bridgehead atoms. The zero-order valence-corrected chi connectivity index (χ0v) is 15.8. The molecule has 4 nitrogen and oxygen atoms in total. The van der Waals surface area contributed by atoms with Crippen molar-refractivity contribution in [2.75, 3.05) is 0 Å². The highest BCUT2D eigenvalue weighted by molar-refractivity contribution is 6.41. The van der Waals surface area contributed by atoms with Crippen LogP contribution < -0.4 is 0 Å². The van der Waals surface area contributed by atoms with Crippen LogP contribution in [0.5, 0.6) is 0 Å². The standard InChI is InChI=1S/C21H28N2O2/c1-19(2)16-7-5-12-13-6-8-17(24)20(13,3)10-9-14(12)21(16,4)11-15(23-22)18(19)25/h7,12-14H,5-6,8-11H2,1-4H3. The van der Waals surface area contributed by atoms with E-state index in [4.69, 9.17) is 0 Å². The maximum atomic E-state index is 12.7. The Balaban J connectivity index is 1.81. The van der Waals surface area contributed by atoms with Crippen molar-refractivity contribution in [1.82, 2.24) is 0 Å². The minimum Gasteiger partial charge on any atom is -0.361 e. The summed E-state index contributed by atoms with van der Waals surface area (Å²) in [7, 11) is 0. The number of hydrogen-bond acceptors (Lipinski definition) is 2. The van der Waals surface area contributed by atoms with Gasteiger partial charge in [0.25, 0.3) is 0 Å². The summed E-state index contributed by atoms with van der Waals surface area (Å²) in [6.07, 6.45) is 7.52. The first kappa shape index (κ1) is 16.9. The van der Waals surface area contributed by atoms with Crippen molar-refractivity contribution in [2.45, 2.75) is 66.2 Å². The fourth-order valence-corrected chi connectivity index (χ4v) is 7.05. The van der Waals surface area contributed by atoms with Gasteiger partial charge in [0.15, 0.2) is 0 Å². The van der Waals surface area contributed by atoms with Crippen molar-refractivity contribution < 1.29 is 14.4 Å². The lowest BCUT2D eigenvalue weighted by atomic mass is 9.45. The molecule has 3 fully saturated rings. The van der Waals surface area contributed by atoms with Crippen molar-refractivity contribution in [3.8, 4) is 0 Å². The predicted molar refractivity (Wildman–Crippen MR) is 94.9 cm³/mol. The van der Waals surface area contributed by atoms with Gasteiger partial charge in [-0.3, -0.25) is 9.59 Å². The van der Waals surface area contributed by atoms with Gasteiger partial charge in [-0.05, 0) is 57.3 Å². The second kappa shape index (κ2) is 5.01. The molecule has 25 heavy (non-hydrogen) atoms. The minimum absolute atomic E-state index is 0.0473. The Morgan fingerprint density at radius 2 is 1.76 bits per heavy atom. The maximum absolute atomic E-state index is 12.7. The molecule has 0 saturated heterocycles. The lowest BCUT2D eigenvalue weighted by Gasteiger charge is -2.57. The van der Waals surface area contributed by atoms with Gasteiger partial charge in [0.2, 0.25) is 5.78 Å². The average Bonchev–Trinajstić information content (AvgIpc) is 2.86. The van der Waals surface area contributed by atoms with Gasteiger partial charge in [-0.25, -0.2) is 0 Å². The van der Waals surface area contributed by atoms with E-state index in [1.54, 1.807) is 0 Å². The van der Waals surface area contributed by atoms with E-state index in [-0.39, 0.29) is 16.6 Å². The zero-order valence-electron chi connectivity index (χ0n) is 15.8. The van der Waals surface area contributed by atoms with Crippen LogP contribution in [0.1, 0.15) is 66.2 Å². The number of Topliss-reactive ketones (excluding diaryl/α,β-unsaturated/α-hetero) is 2. The van der Waals surface area contributed by atoms with Gasteiger partial charge in [0.05, 0.1) is 11.8 Å². The summed E-state index contributed by atoms with van der Waals surface area (Å²) in [5.41, 5.74) is 10.1. The van der Waals surface area contributed by atoms with Crippen LogP contribution in [0.15, 0.2) is 11.6 Å². The summed E-state index contributed by atoms with van der Waals surface area (Å²) in [6.45, 7) is 8.38. The van der Waals surface area contributed by atoms with Gasteiger partial charge >= 0.3 is 5.71 Å². The third-order valence-corrected chi connectivity index (χ3v) is 8.33. The van der Waals surface area contributed by atoms with Crippen LogP contribution >= 0.6 is 0 Å². The molecule has 4 rings (SSSR count). The smallest absolute Gasteiger partial charge is 0.336 e. The lowest BCUT2D eigenvalue weighted by Crippen LogP contribution is -2.56. The van der Waals surface area contributed by atoms with Gasteiger partial charge in [-0.1, -0.05) is 25.5 Å². The number of fused-ring (bicyclic) bond motifs is 5. The van der Waals surface area contributed by atoms with E-state index in [2.05, 4.69) is 24.7 Å².